The molecule has 0 saturated carbocycles. The highest BCUT2D eigenvalue weighted by atomic mass is 31.1. The summed E-state index contributed by atoms with van der Waals surface area (Å²) in [6.45, 7) is 57.1. The molecule has 81 heavy (non-hydrogen) atoms. The Balaban J connectivity index is 2.00. The van der Waals surface area contributed by atoms with Crippen LogP contribution >= 0.6 is 15.8 Å². The van der Waals surface area contributed by atoms with E-state index in [1.807, 2.05) is 21.3 Å². The molecule has 6 rings (SSSR count). The lowest BCUT2D eigenvalue weighted by atomic mass is 9.77. The Morgan fingerprint density at radius 1 is 0.321 bits per heavy atom. The highest BCUT2D eigenvalue weighted by Crippen LogP contribution is 2.51. The van der Waals surface area contributed by atoms with Crippen molar-refractivity contribution in [2.45, 2.75) is 230 Å². The van der Waals surface area contributed by atoms with E-state index in [9.17, 15) is 10.2 Å². The number of hydrogen-bond donors (Lipinski definition) is 2. The van der Waals surface area contributed by atoms with Gasteiger partial charge in [0.05, 0.1) is 34.5 Å². The van der Waals surface area contributed by atoms with Crippen molar-refractivity contribution in [1.29, 1.82) is 0 Å². The third kappa shape index (κ3) is 13.5. The number of hydrogen-bond acceptors (Lipinski definition) is 5. The number of ether oxygens (including phenoxy) is 3. The highest BCUT2D eigenvalue weighted by Gasteiger charge is 2.38. The summed E-state index contributed by atoms with van der Waals surface area (Å²) in [5.41, 5.74) is 12.5. The van der Waals surface area contributed by atoms with Crippen molar-refractivity contribution in [2.75, 3.05) is 21.3 Å². The zero-order valence-corrected chi connectivity index (χ0v) is 57.3. The summed E-state index contributed by atoms with van der Waals surface area (Å²) in [4.78, 5) is 0. The Morgan fingerprint density at radius 3 is 0.691 bits per heavy atom. The third-order valence-electron chi connectivity index (χ3n) is 16.1. The summed E-state index contributed by atoms with van der Waals surface area (Å²) in [5, 5.41) is 31.3. The first kappa shape index (κ1) is 65.7. The van der Waals surface area contributed by atoms with Gasteiger partial charge in [-0.05, 0) is 185 Å². The minimum absolute atomic E-state index is 0.164. The molecule has 2 N–H and O–H groups in total. The monoisotopic (exact) mass is 1130 g/mol. The van der Waals surface area contributed by atoms with Crippen LogP contribution in [0.2, 0.25) is 0 Å². The summed E-state index contributed by atoms with van der Waals surface area (Å²) < 4.78 is 19.4. The van der Waals surface area contributed by atoms with Crippen molar-refractivity contribution in [1.82, 2.24) is 0 Å². The van der Waals surface area contributed by atoms with Crippen LogP contribution in [0.15, 0.2) is 84.9 Å². The summed E-state index contributed by atoms with van der Waals surface area (Å²) in [6.07, 6.45) is 0. The zero-order valence-electron chi connectivity index (χ0n) is 55.5. The molecule has 0 radical (unpaired) electrons. The van der Waals surface area contributed by atoms with Gasteiger partial charge in [0.25, 0.3) is 0 Å². The average molecular weight is 1140 g/mol. The number of benzene rings is 6. The van der Waals surface area contributed by atoms with E-state index in [1.165, 1.54) is 37.9 Å². The van der Waals surface area contributed by atoms with Crippen molar-refractivity contribution in [2.24, 2.45) is 0 Å². The van der Waals surface area contributed by atoms with Gasteiger partial charge in [0.2, 0.25) is 0 Å². The summed E-state index contributed by atoms with van der Waals surface area (Å²) in [7, 11) is 2.55. The van der Waals surface area contributed by atoms with Crippen LogP contribution in [0, 0.1) is 6.92 Å². The number of aliphatic hydroxyl groups is 2. The fraction of sp³-hybridized carbons (Fsp3) is 0.514. The Morgan fingerprint density at radius 2 is 0.519 bits per heavy atom. The fourth-order valence-corrected chi connectivity index (χ4v) is 17.1. The van der Waals surface area contributed by atoms with Crippen molar-refractivity contribution in [3.63, 3.8) is 0 Å². The lowest BCUT2D eigenvalue weighted by Gasteiger charge is -2.36. The van der Waals surface area contributed by atoms with Crippen molar-refractivity contribution in [3.8, 4) is 28.4 Å². The normalized spacial score (nSPS) is 13.7. The standard InChI is InChI=1S/C74H104O5P2/c1-45-52(67(2,3)4)35-48(36-53(45)68(5,6)7)80(49-37-54(69(8,9)10)64(77-26)55(38-49)70(11,12)13)60-33-29-31-46(43-75)62(60)63-47(44-76)32-30-34-61(63)81(50-39-56(71(14,15)16)65(78-27)57(40-50)72(17,18)19)51-41-58(73(20,21)22)66(79-28)59(42-51)74(23,24)25/h29-42,75-76H,43-44H2,1-28H3. The number of rotatable bonds is 12. The molecule has 6 aromatic rings. The lowest BCUT2D eigenvalue weighted by Crippen LogP contribution is -2.32. The molecular weight excluding hydrogens is 1030 g/mol. The first-order valence-corrected chi connectivity index (χ1v) is 32.1. The molecule has 1 atom stereocenters. The Hall–Kier alpha value is -4.50. The molecule has 0 aliphatic carbocycles. The molecule has 5 nitrogen and oxygen atoms in total. The van der Waals surface area contributed by atoms with Gasteiger partial charge in [0, 0.05) is 33.4 Å². The molecule has 7 heteroatoms. The van der Waals surface area contributed by atoms with E-state index in [4.69, 9.17) is 14.2 Å². The van der Waals surface area contributed by atoms with Gasteiger partial charge >= 0.3 is 0 Å². The van der Waals surface area contributed by atoms with Crippen LogP contribution in [0.4, 0.5) is 0 Å². The second-order valence-electron chi connectivity index (χ2n) is 31.0. The molecule has 0 spiro atoms. The fourth-order valence-electron chi connectivity index (χ4n) is 11.9. The quantitative estimate of drug-likeness (QED) is 0.120. The summed E-state index contributed by atoms with van der Waals surface area (Å²) >= 11 is 0. The predicted octanol–water partition coefficient (Wildman–Crippen LogP) is 16.6. The molecule has 6 aromatic carbocycles. The molecule has 0 bridgehead atoms. The highest BCUT2D eigenvalue weighted by molar-refractivity contribution is 7.80. The van der Waals surface area contributed by atoms with Gasteiger partial charge in [-0.25, -0.2) is 0 Å². The van der Waals surface area contributed by atoms with Gasteiger partial charge in [0.15, 0.2) is 0 Å². The average Bonchev–Trinajstić information content (AvgIpc) is 3.35. The van der Waals surface area contributed by atoms with Crippen LogP contribution in [0.3, 0.4) is 0 Å². The molecule has 0 aromatic heterocycles. The molecule has 0 saturated heterocycles. The molecule has 0 amide bonds. The van der Waals surface area contributed by atoms with Gasteiger partial charge in [0.1, 0.15) is 17.2 Å². The van der Waals surface area contributed by atoms with E-state index < -0.39 is 15.8 Å². The maximum atomic E-state index is 12.1. The minimum Gasteiger partial charge on any atom is -0.496 e. The largest absolute Gasteiger partial charge is 0.496 e. The van der Waals surface area contributed by atoms with Crippen molar-refractivity contribution in [3.05, 3.63) is 146 Å². The second kappa shape index (κ2) is 23.2. The van der Waals surface area contributed by atoms with Crippen LogP contribution in [-0.4, -0.2) is 31.5 Å². The first-order chi connectivity index (χ1) is 37.0. The molecule has 440 valence electrons. The van der Waals surface area contributed by atoms with Crippen LogP contribution in [0.5, 0.6) is 17.2 Å². The van der Waals surface area contributed by atoms with Crippen LogP contribution in [0.1, 0.15) is 227 Å². The van der Waals surface area contributed by atoms with Crippen LogP contribution < -0.4 is 46.0 Å². The number of methoxy groups -OCH3 is 3. The van der Waals surface area contributed by atoms with E-state index in [2.05, 4.69) is 258 Å². The smallest absolute Gasteiger partial charge is 0.126 e. The van der Waals surface area contributed by atoms with Gasteiger partial charge in [-0.1, -0.05) is 203 Å². The summed E-state index contributed by atoms with van der Waals surface area (Å²) in [6, 6.07) is 32.7. The topological polar surface area (TPSA) is 68.2 Å². The second-order valence-corrected chi connectivity index (χ2v) is 35.4. The van der Waals surface area contributed by atoms with Gasteiger partial charge in [-0.15, -0.1) is 0 Å². The molecule has 0 heterocycles. The van der Waals surface area contributed by atoms with Gasteiger partial charge in [-0.2, -0.15) is 0 Å². The Bertz CT molecular complexity index is 3040. The molecular formula is C74H104O5P2. The van der Waals surface area contributed by atoms with Gasteiger partial charge < -0.3 is 24.4 Å². The van der Waals surface area contributed by atoms with Gasteiger partial charge in [-0.3, -0.25) is 0 Å². The van der Waals surface area contributed by atoms with E-state index in [1.54, 1.807) is 0 Å². The van der Waals surface area contributed by atoms with Crippen LogP contribution in [-0.2, 0) is 56.5 Å². The van der Waals surface area contributed by atoms with E-state index in [0.717, 1.165) is 83.5 Å². The third-order valence-corrected chi connectivity index (χ3v) is 20.9. The first-order valence-electron chi connectivity index (χ1n) is 29.4. The molecule has 0 fully saturated rings. The van der Waals surface area contributed by atoms with E-state index >= 15 is 0 Å². The molecule has 1 unspecified atom stereocenters. The molecule has 0 aliphatic rings. The Labute approximate surface area is 495 Å². The zero-order chi connectivity index (χ0) is 61.3. The molecule has 0 aliphatic heterocycles. The Kier molecular flexibility index (Phi) is 18.8. The van der Waals surface area contributed by atoms with Crippen molar-refractivity contribution < 1.29 is 24.4 Å². The van der Waals surface area contributed by atoms with Crippen LogP contribution in [0.25, 0.3) is 11.1 Å². The lowest BCUT2D eigenvalue weighted by molar-refractivity contribution is 0.280. The van der Waals surface area contributed by atoms with E-state index in [-0.39, 0.29) is 56.5 Å². The predicted molar refractivity (Wildman–Crippen MR) is 355 cm³/mol. The van der Waals surface area contributed by atoms with Crippen molar-refractivity contribution >= 4 is 47.7 Å². The summed E-state index contributed by atoms with van der Waals surface area (Å²) in [5.74, 6) is 2.77. The minimum atomic E-state index is -1.46. The number of aliphatic hydroxyl groups excluding tert-OH is 2. The SMILES string of the molecule is COc1c(C(C)(C)C)cc(P(c2cc(C(C)(C)C)c(C)c(C(C)(C)C)c2)c2cccc(CO)c2-c2c(CO)cccc2P(c2cc(C(C)(C)C)c(OC)c(C(C)(C)C)c2)c2cc(C(C)(C)C)c(OC)c(C(C)(C)C)c2)cc1C(C)(C)C. The maximum absolute atomic E-state index is 12.1. The van der Waals surface area contributed by atoms with E-state index in [0.29, 0.717) is 0 Å². The maximum Gasteiger partial charge on any atom is 0.126 e.